The van der Waals surface area contributed by atoms with Crippen molar-refractivity contribution >= 4 is 5.82 Å². The molecule has 0 aliphatic heterocycles. The van der Waals surface area contributed by atoms with Crippen molar-refractivity contribution in [1.82, 2.24) is 9.55 Å². The van der Waals surface area contributed by atoms with Crippen molar-refractivity contribution in [1.29, 1.82) is 0 Å². The lowest BCUT2D eigenvalue weighted by Crippen LogP contribution is -2.37. The number of aromatic nitrogens is 2. The van der Waals surface area contributed by atoms with Gasteiger partial charge in [0.25, 0.3) is 5.56 Å². The fraction of sp³-hybridized carbons (Fsp3) is 0.692. The van der Waals surface area contributed by atoms with E-state index in [2.05, 4.69) is 11.9 Å². The van der Waals surface area contributed by atoms with Crippen LogP contribution in [0.1, 0.15) is 33.7 Å². The number of hydrogen-bond donors (Lipinski definition) is 1. The highest BCUT2D eigenvalue weighted by molar-refractivity contribution is 5.35. The van der Waals surface area contributed by atoms with Crippen LogP contribution in [0.5, 0.6) is 0 Å². The van der Waals surface area contributed by atoms with Crippen molar-refractivity contribution in [3.63, 3.8) is 0 Å². The van der Waals surface area contributed by atoms with Gasteiger partial charge in [0.1, 0.15) is 0 Å². The second-order valence-electron chi connectivity index (χ2n) is 4.94. The van der Waals surface area contributed by atoms with E-state index in [4.69, 9.17) is 5.73 Å². The number of anilines is 1. The van der Waals surface area contributed by atoms with E-state index >= 15 is 0 Å². The second kappa shape index (κ2) is 6.54. The summed E-state index contributed by atoms with van der Waals surface area (Å²) in [6, 6.07) is 0.143. The smallest absolute Gasteiger partial charge is 0.293 e. The molecule has 0 aliphatic rings. The number of hydrogen-bond acceptors (Lipinski definition) is 4. The number of rotatable bonds is 6. The first-order chi connectivity index (χ1) is 8.51. The predicted molar refractivity (Wildman–Crippen MR) is 75.0 cm³/mol. The largest absolute Gasteiger partial charge is 0.352 e. The summed E-state index contributed by atoms with van der Waals surface area (Å²) < 4.78 is 1.71. The summed E-state index contributed by atoms with van der Waals surface area (Å²) in [5.41, 5.74) is 5.61. The van der Waals surface area contributed by atoms with Gasteiger partial charge in [-0.15, -0.1) is 0 Å². The maximum absolute atomic E-state index is 12.3. The third kappa shape index (κ3) is 3.32. The molecule has 0 aromatic carbocycles. The van der Waals surface area contributed by atoms with Crippen LogP contribution < -0.4 is 16.2 Å². The van der Waals surface area contributed by atoms with Crippen LogP contribution in [0.3, 0.4) is 0 Å². The van der Waals surface area contributed by atoms with Gasteiger partial charge in [-0.2, -0.15) is 0 Å². The van der Waals surface area contributed by atoms with Gasteiger partial charge >= 0.3 is 0 Å². The molecule has 0 saturated carbocycles. The highest BCUT2D eigenvalue weighted by atomic mass is 16.1. The van der Waals surface area contributed by atoms with E-state index in [0.29, 0.717) is 18.3 Å². The summed E-state index contributed by atoms with van der Waals surface area (Å²) in [6.07, 6.45) is 3.42. The molecule has 102 valence electrons. The van der Waals surface area contributed by atoms with Gasteiger partial charge in [0.15, 0.2) is 5.82 Å². The topological polar surface area (TPSA) is 64.2 Å². The lowest BCUT2D eigenvalue weighted by atomic mass is 10.1. The van der Waals surface area contributed by atoms with Crippen LogP contribution in [0.15, 0.2) is 17.2 Å². The molecule has 1 aromatic heterocycles. The Morgan fingerprint density at radius 1 is 1.44 bits per heavy atom. The van der Waals surface area contributed by atoms with Gasteiger partial charge in [-0.05, 0) is 33.2 Å². The first-order valence-corrected chi connectivity index (χ1v) is 6.53. The Morgan fingerprint density at radius 3 is 2.61 bits per heavy atom. The van der Waals surface area contributed by atoms with Crippen molar-refractivity contribution in [2.75, 3.05) is 24.5 Å². The predicted octanol–water partition coefficient (Wildman–Crippen LogP) is 1.25. The first-order valence-electron chi connectivity index (χ1n) is 6.53. The van der Waals surface area contributed by atoms with Gasteiger partial charge < -0.3 is 15.2 Å². The molecule has 1 atom stereocenters. The molecule has 1 heterocycles. The van der Waals surface area contributed by atoms with E-state index in [1.807, 2.05) is 25.7 Å². The zero-order valence-electron chi connectivity index (χ0n) is 11.8. The van der Waals surface area contributed by atoms with Crippen molar-refractivity contribution in [3.8, 4) is 0 Å². The summed E-state index contributed by atoms with van der Waals surface area (Å²) >= 11 is 0. The minimum absolute atomic E-state index is 0.0291. The van der Waals surface area contributed by atoms with E-state index < -0.39 is 0 Å². The second-order valence-corrected chi connectivity index (χ2v) is 4.94. The summed E-state index contributed by atoms with van der Waals surface area (Å²) in [4.78, 5) is 18.5. The molecular weight excluding hydrogens is 228 g/mol. The average Bonchev–Trinajstić information content (AvgIpc) is 2.35. The molecule has 0 aliphatic carbocycles. The molecule has 0 radical (unpaired) electrons. The Kier molecular flexibility index (Phi) is 5.34. The Bertz CT molecular complexity index is 427. The molecule has 0 spiro atoms. The Labute approximate surface area is 109 Å². The van der Waals surface area contributed by atoms with Crippen LogP contribution in [0.25, 0.3) is 0 Å². The number of nitrogens with two attached hydrogens (primary N) is 1. The lowest BCUT2D eigenvalue weighted by Gasteiger charge is -2.25. The molecule has 0 fully saturated rings. The zero-order valence-corrected chi connectivity index (χ0v) is 11.8. The van der Waals surface area contributed by atoms with E-state index in [1.165, 1.54) is 0 Å². The van der Waals surface area contributed by atoms with Crippen LogP contribution in [-0.4, -0.2) is 29.2 Å². The highest BCUT2D eigenvalue weighted by Crippen LogP contribution is 2.08. The Balaban J connectivity index is 3.07. The minimum atomic E-state index is -0.0291. The quantitative estimate of drug-likeness (QED) is 0.827. The fourth-order valence-electron chi connectivity index (χ4n) is 1.85. The van der Waals surface area contributed by atoms with Gasteiger partial charge in [0.05, 0.1) is 0 Å². The molecule has 0 saturated heterocycles. The molecular formula is C13H24N4O. The summed E-state index contributed by atoms with van der Waals surface area (Å²) in [6.45, 7) is 10.2. The van der Waals surface area contributed by atoms with Crippen LogP contribution in [-0.2, 0) is 0 Å². The third-order valence-electron chi connectivity index (χ3n) is 3.02. The first kappa shape index (κ1) is 14.7. The maximum Gasteiger partial charge on any atom is 0.293 e. The minimum Gasteiger partial charge on any atom is -0.352 e. The highest BCUT2D eigenvalue weighted by Gasteiger charge is 2.15. The van der Waals surface area contributed by atoms with E-state index in [9.17, 15) is 4.79 Å². The normalized spacial score (nSPS) is 12.8. The molecule has 18 heavy (non-hydrogen) atoms. The van der Waals surface area contributed by atoms with Crippen molar-refractivity contribution in [2.45, 2.75) is 33.7 Å². The van der Waals surface area contributed by atoms with E-state index in [0.717, 1.165) is 13.1 Å². The zero-order chi connectivity index (χ0) is 13.7. The monoisotopic (exact) mass is 252 g/mol. The van der Waals surface area contributed by atoms with Crippen LogP contribution in [0.4, 0.5) is 5.82 Å². The molecule has 2 N–H and O–H groups in total. The number of nitrogens with zero attached hydrogens (tertiary/aromatic N) is 3. The van der Waals surface area contributed by atoms with Crippen molar-refractivity contribution in [2.24, 2.45) is 11.7 Å². The van der Waals surface area contributed by atoms with Gasteiger partial charge in [0.2, 0.25) is 0 Å². The molecule has 1 unspecified atom stereocenters. The van der Waals surface area contributed by atoms with Gasteiger partial charge in [-0.1, -0.05) is 6.92 Å². The molecule has 5 heteroatoms. The van der Waals surface area contributed by atoms with Gasteiger partial charge in [-0.25, -0.2) is 4.98 Å². The molecule has 1 aromatic rings. The molecule has 1 rings (SSSR count). The van der Waals surface area contributed by atoms with Crippen LogP contribution >= 0.6 is 0 Å². The van der Waals surface area contributed by atoms with Crippen LogP contribution in [0.2, 0.25) is 0 Å². The standard InChI is InChI=1S/C13H24N4O/c1-5-16(9-11(4)8-14)12-13(18)17(10(2)3)7-6-15-12/h6-7,10-11H,5,8-9,14H2,1-4H3. The fourth-order valence-corrected chi connectivity index (χ4v) is 1.85. The van der Waals surface area contributed by atoms with Crippen molar-refractivity contribution in [3.05, 3.63) is 22.7 Å². The van der Waals surface area contributed by atoms with E-state index in [-0.39, 0.29) is 11.6 Å². The third-order valence-corrected chi connectivity index (χ3v) is 3.02. The molecule has 5 nitrogen and oxygen atoms in total. The molecule has 0 bridgehead atoms. The maximum atomic E-state index is 12.3. The lowest BCUT2D eigenvalue weighted by molar-refractivity contribution is 0.551. The average molecular weight is 252 g/mol. The van der Waals surface area contributed by atoms with Crippen molar-refractivity contribution < 1.29 is 0 Å². The van der Waals surface area contributed by atoms with E-state index in [1.54, 1.807) is 17.0 Å². The SMILES string of the molecule is CCN(CC(C)CN)c1nccn(C(C)C)c1=O. The van der Waals surface area contributed by atoms with Gasteiger partial charge in [0, 0.05) is 31.5 Å². The summed E-state index contributed by atoms with van der Waals surface area (Å²) in [7, 11) is 0. The summed E-state index contributed by atoms with van der Waals surface area (Å²) in [5, 5.41) is 0. The Hall–Kier alpha value is -1.36. The summed E-state index contributed by atoms with van der Waals surface area (Å²) in [5.74, 6) is 0.868. The Morgan fingerprint density at radius 2 is 2.11 bits per heavy atom. The van der Waals surface area contributed by atoms with Crippen LogP contribution in [0, 0.1) is 5.92 Å². The van der Waals surface area contributed by atoms with Gasteiger partial charge in [-0.3, -0.25) is 4.79 Å². The molecule has 0 amide bonds.